The van der Waals surface area contributed by atoms with Crippen molar-refractivity contribution in [2.45, 2.75) is 88.5 Å². The van der Waals surface area contributed by atoms with E-state index in [4.69, 9.17) is 16.3 Å². The molecule has 3 unspecified atom stereocenters. The van der Waals surface area contributed by atoms with Gasteiger partial charge in [-0.15, -0.1) is 0 Å². The van der Waals surface area contributed by atoms with E-state index >= 15 is 0 Å². The number of halogens is 1. The van der Waals surface area contributed by atoms with Gasteiger partial charge in [0.25, 0.3) is 0 Å². The van der Waals surface area contributed by atoms with Gasteiger partial charge in [0.1, 0.15) is 11.6 Å². The lowest BCUT2D eigenvalue weighted by molar-refractivity contribution is -0.141. The molecule has 0 radical (unpaired) electrons. The third kappa shape index (κ3) is 6.49. The summed E-state index contributed by atoms with van der Waals surface area (Å²) in [5.41, 5.74) is 1.75. The van der Waals surface area contributed by atoms with Crippen LogP contribution in [0.3, 0.4) is 0 Å². The zero-order chi connectivity index (χ0) is 32.5. The lowest BCUT2D eigenvalue weighted by Crippen LogP contribution is -2.56. The van der Waals surface area contributed by atoms with Crippen LogP contribution >= 0.6 is 11.6 Å². The average molecular weight is 659 g/mol. The van der Waals surface area contributed by atoms with Crippen LogP contribution in [-0.2, 0) is 25.5 Å². The molecule has 2 bridgehead atoms. The smallest absolute Gasteiger partial charge is 0.246 e. The Hall–Kier alpha value is -3.20. The molecule has 8 nitrogen and oxygen atoms in total. The van der Waals surface area contributed by atoms with Gasteiger partial charge >= 0.3 is 0 Å². The number of hydrogen-bond donors (Lipinski definition) is 2. The fourth-order valence-corrected chi connectivity index (χ4v) is 8.94. The van der Waals surface area contributed by atoms with Crippen molar-refractivity contribution in [1.82, 2.24) is 15.1 Å². The second-order valence-electron chi connectivity index (χ2n) is 14.4. The van der Waals surface area contributed by atoms with E-state index in [0.29, 0.717) is 23.2 Å². The molecule has 7 rings (SSSR count). The van der Waals surface area contributed by atoms with E-state index in [1.807, 2.05) is 31.2 Å². The highest BCUT2D eigenvalue weighted by atomic mass is 35.5. The topological polar surface area (TPSA) is 91.0 Å². The van der Waals surface area contributed by atoms with Crippen LogP contribution < -0.4 is 10.6 Å². The van der Waals surface area contributed by atoms with E-state index < -0.39 is 29.6 Å². The highest BCUT2D eigenvalue weighted by molar-refractivity contribution is 6.31. The van der Waals surface area contributed by atoms with Crippen LogP contribution in [0.1, 0.15) is 62.5 Å². The number of nitrogens with one attached hydrogen (secondary N) is 2. The minimum atomic E-state index is -1.15. The van der Waals surface area contributed by atoms with Crippen LogP contribution in [0.2, 0.25) is 5.02 Å². The van der Waals surface area contributed by atoms with E-state index in [2.05, 4.69) is 45.9 Å². The largest absolute Gasteiger partial charge is 0.359 e. The fourth-order valence-electron chi connectivity index (χ4n) is 8.76. The van der Waals surface area contributed by atoms with Crippen LogP contribution in [0.25, 0.3) is 0 Å². The maximum Gasteiger partial charge on any atom is 0.246 e. The molecule has 4 heterocycles. The number of likely N-dealkylation sites (tertiary alicyclic amines) is 2. The van der Waals surface area contributed by atoms with Gasteiger partial charge in [-0.1, -0.05) is 79.4 Å². The van der Waals surface area contributed by atoms with Crippen molar-refractivity contribution in [3.8, 4) is 0 Å². The van der Waals surface area contributed by atoms with Gasteiger partial charge in [0, 0.05) is 23.3 Å². The van der Waals surface area contributed by atoms with Crippen LogP contribution in [-0.4, -0.2) is 77.5 Å². The van der Waals surface area contributed by atoms with Crippen molar-refractivity contribution < 1.29 is 19.1 Å². The number of anilines is 1. The number of piperidine rings is 1. The van der Waals surface area contributed by atoms with Crippen molar-refractivity contribution >= 4 is 35.0 Å². The van der Waals surface area contributed by atoms with Crippen molar-refractivity contribution in [2.24, 2.45) is 17.8 Å². The predicted octanol–water partition coefficient (Wildman–Crippen LogP) is 5.53. The van der Waals surface area contributed by atoms with E-state index in [0.717, 1.165) is 76.6 Å². The van der Waals surface area contributed by atoms with Gasteiger partial charge in [-0.25, -0.2) is 0 Å². The number of rotatable bonds is 10. The molecule has 5 atom stereocenters. The Bertz CT molecular complexity index is 1500. The van der Waals surface area contributed by atoms with Gasteiger partial charge in [0.15, 0.2) is 0 Å². The van der Waals surface area contributed by atoms with E-state index in [9.17, 15) is 14.4 Å². The molecule has 2 aromatic rings. The molecule has 3 amide bonds. The fraction of sp³-hybridized carbons (Fsp3) is 0.553. The number of carbonyl (C=O) groups excluding carboxylic acids is 3. The first-order valence-electron chi connectivity index (χ1n) is 17.6. The molecule has 1 saturated carbocycles. The summed E-state index contributed by atoms with van der Waals surface area (Å²) in [4.78, 5) is 46.5. The monoisotopic (exact) mass is 658 g/mol. The molecule has 1 aliphatic carbocycles. The normalized spacial score (nSPS) is 29.3. The summed E-state index contributed by atoms with van der Waals surface area (Å²) >= 11 is 6.33. The first-order chi connectivity index (χ1) is 22.8. The van der Waals surface area contributed by atoms with Crippen molar-refractivity contribution in [3.63, 3.8) is 0 Å². The summed E-state index contributed by atoms with van der Waals surface area (Å²) in [7, 11) is 0. The second kappa shape index (κ2) is 13.7. The molecule has 47 heavy (non-hydrogen) atoms. The van der Waals surface area contributed by atoms with Crippen LogP contribution in [0, 0.1) is 24.7 Å². The molecule has 2 N–H and O–H groups in total. The highest BCUT2D eigenvalue weighted by Crippen LogP contribution is 2.55. The SMILES string of the molecule is Cc1ccc(NC(=O)C2[C@H]3C=CC4(O3)C(C(=O)NC3CCCCC3)N(CCCN3CCC(Cc5ccccc5)CC3)C(=O)[C@@H]24)cc1Cl. The number of nitrogens with zero attached hydrogens (tertiary/aromatic N) is 2. The lowest BCUT2D eigenvalue weighted by atomic mass is 9.74. The number of ether oxygens (including phenoxy) is 1. The number of fused-ring (bicyclic) bond motifs is 1. The summed E-state index contributed by atoms with van der Waals surface area (Å²) in [6.45, 7) is 5.32. The predicted molar refractivity (Wildman–Crippen MR) is 183 cm³/mol. The van der Waals surface area contributed by atoms with E-state index in [-0.39, 0.29) is 23.8 Å². The first-order valence-corrected chi connectivity index (χ1v) is 18.0. The Balaban J connectivity index is 1.04. The summed E-state index contributed by atoms with van der Waals surface area (Å²) in [5, 5.41) is 6.83. The zero-order valence-electron chi connectivity index (χ0n) is 27.3. The molecule has 9 heteroatoms. The second-order valence-corrected chi connectivity index (χ2v) is 14.8. The molecule has 4 aliphatic heterocycles. The maximum absolute atomic E-state index is 14.4. The molecule has 5 aliphatic rings. The van der Waals surface area contributed by atoms with Crippen molar-refractivity contribution in [3.05, 3.63) is 76.8 Å². The minimum Gasteiger partial charge on any atom is -0.359 e. The third-order valence-corrected chi connectivity index (χ3v) is 11.7. The van der Waals surface area contributed by atoms with E-state index in [1.54, 1.807) is 11.0 Å². The Kier molecular flexibility index (Phi) is 9.45. The van der Waals surface area contributed by atoms with Crippen molar-refractivity contribution in [1.29, 1.82) is 0 Å². The summed E-state index contributed by atoms with van der Waals surface area (Å²) < 4.78 is 6.55. The van der Waals surface area contributed by atoms with Gasteiger partial charge in [-0.3, -0.25) is 14.4 Å². The molecule has 1 spiro atoms. The number of amides is 3. The Labute approximate surface area is 283 Å². The molecule has 4 fully saturated rings. The summed E-state index contributed by atoms with van der Waals surface area (Å²) in [5.74, 6) is -1.40. The van der Waals surface area contributed by atoms with E-state index in [1.165, 1.54) is 12.0 Å². The minimum absolute atomic E-state index is 0.105. The highest BCUT2D eigenvalue weighted by Gasteiger charge is 2.72. The number of aryl methyl sites for hydroxylation is 1. The Morgan fingerprint density at radius 2 is 1.74 bits per heavy atom. The Morgan fingerprint density at radius 3 is 2.49 bits per heavy atom. The quantitative estimate of drug-likeness (QED) is 0.328. The standard InChI is InChI=1S/C38H47ClN4O4/c1-25-13-14-29(24-30(25)39)41-35(44)32-31-15-18-38(47-31)33(32)37(46)43(34(38)36(45)40-28-11-6-3-7-12-28)20-8-19-42-21-16-27(17-22-42)23-26-9-4-2-5-10-26/h2,4-5,9-10,13-15,18,24,27-28,31-34H,3,6-8,11-12,16-17,19-23H2,1H3,(H,40,45)(H,41,44)/t31-,32?,33-,34?,38?/m1/s1. The molecule has 2 aromatic carbocycles. The molecule has 0 aromatic heterocycles. The molecular formula is C38H47ClN4O4. The lowest BCUT2D eigenvalue weighted by Gasteiger charge is -2.35. The van der Waals surface area contributed by atoms with Crippen molar-refractivity contribution in [2.75, 3.05) is 31.5 Å². The molecule has 3 saturated heterocycles. The van der Waals surface area contributed by atoms with Gasteiger partial charge in [-0.2, -0.15) is 0 Å². The summed E-state index contributed by atoms with van der Waals surface area (Å²) in [6.07, 6.45) is 12.7. The number of hydrogen-bond acceptors (Lipinski definition) is 5. The summed E-state index contributed by atoms with van der Waals surface area (Å²) in [6, 6.07) is 15.4. The number of benzene rings is 2. The van der Waals surface area contributed by atoms with Crippen LogP contribution in [0.15, 0.2) is 60.7 Å². The molecule has 250 valence electrons. The first kappa shape index (κ1) is 32.4. The van der Waals surface area contributed by atoms with Gasteiger partial charge in [0.05, 0.1) is 17.9 Å². The van der Waals surface area contributed by atoms with Crippen LogP contribution in [0.5, 0.6) is 0 Å². The molecular weight excluding hydrogens is 612 g/mol. The van der Waals surface area contributed by atoms with Gasteiger partial charge in [0.2, 0.25) is 17.7 Å². The maximum atomic E-state index is 14.4. The average Bonchev–Trinajstić information content (AvgIpc) is 3.72. The number of carbonyl (C=O) groups is 3. The third-order valence-electron chi connectivity index (χ3n) is 11.3. The van der Waals surface area contributed by atoms with Gasteiger partial charge in [-0.05, 0) is 94.3 Å². The Morgan fingerprint density at radius 1 is 0.979 bits per heavy atom. The van der Waals surface area contributed by atoms with Crippen LogP contribution in [0.4, 0.5) is 5.69 Å². The van der Waals surface area contributed by atoms with Gasteiger partial charge < -0.3 is 25.2 Å². The zero-order valence-corrected chi connectivity index (χ0v) is 28.1.